The highest BCUT2D eigenvalue weighted by atomic mass is 79.9. The average molecular weight is 288 g/mol. The topological polar surface area (TPSA) is 67.0 Å². The summed E-state index contributed by atoms with van der Waals surface area (Å²) in [5.74, 6) is 0.601. The summed E-state index contributed by atoms with van der Waals surface area (Å²) in [6.45, 7) is 2.75. The monoisotopic (exact) mass is 287 g/mol. The fraction of sp³-hybridized carbons (Fsp3) is 0.600. The van der Waals surface area contributed by atoms with Gasteiger partial charge in [0.15, 0.2) is 0 Å². The number of anilines is 1. The lowest BCUT2D eigenvalue weighted by atomic mass is 9.89. The quantitative estimate of drug-likeness (QED) is 0.881. The third-order valence-corrected chi connectivity index (χ3v) is 3.37. The lowest BCUT2D eigenvalue weighted by Crippen LogP contribution is -2.41. The maximum Gasteiger partial charge on any atom is 0.267 e. The molecule has 0 radical (unpaired) electrons. The van der Waals surface area contributed by atoms with Gasteiger partial charge < -0.3 is 15.0 Å². The molecule has 0 aliphatic heterocycles. The van der Waals surface area contributed by atoms with Crippen LogP contribution in [0.15, 0.2) is 15.6 Å². The van der Waals surface area contributed by atoms with Crippen LogP contribution in [0.25, 0.3) is 0 Å². The first-order chi connectivity index (χ1) is 7.70. The molecule has 1 saturated carbocycles. The van der Waals surface area contributed by atoms with Gasteiger partial charge in [0, 0.05) is 12.6 Å². The van der Waals surface area contributed by atoms with Gasteiger partial charge in [-0.25, -0.2) is 4.98 Å². The second-order valence-corrected chi connectivity index (χ2v) is 4.58. The standard InChI is InChI=1S/C10H14BrN3O2/c1-2-16-7-3-6(4-7)14-9-8(11)10(15)13-5-12-9/h5-7H,2-4H2,1H3,(H2,12,13,14,15). The minimum absolute atomic E-state index is 0.168. The molecular weight excluding hydrogens is 274 g/mol. The van der Waals surface area contributed by atoms with E-state index in [2.05, 4.69) is 31.2 Å². The van der Waals surface area contributed by atoms with Gasteiger partial charge in [-0.05, 0) is 35.7 Å². The maximum absolute atomic E-state index is 11.3. The number of hydrogen-bond acceptors (Lipinski definition) is 4. The van der Waals surface area contributed by atoms with E-state index in [0.717, 1.165) is 19.4 Å². The van der Waals surface area contributed by atoms with Crippen LogP contribution in [0.4, 0.5) is 5.82 Å². The molecule has 1 aromatic rings. The predicted octanol–water partition coefficient (Wildman–Crippen LogP) is 1.51. The highest BCUT2D eigenvalue weighted by Crippen LogP contribution is 2.27. The van der Waals surface area contributed by atoms with Crippen LogP contribution < -0.4 is 10.9 Å². The number of hydrogen-bond donors (Lipinski definition) is 2. The Bertz CT molecular complexity index is 415. The molecule has 0 saturated heterocycles. The Hall–Kier alpha value is -0.880. The van der Waals surface area contributed by atoms with Crippen LogP contribution in [0.1, 0.15) is 19.8 Å². The van der Waals surface area contributed by atoms with E-state index in [0.29, 0.717) is 22.4 Å². The maximum atomic E-state index is 11.3. The molecule has 0 unspecified atom stereocenters. The van der Waals surface area contributed by atoms with Gasteiger partial charge in [-0.2, -0.15) is 0 Å². The summed E-state index contributed by atoms with van der Waals surface area (Å²) in [7, 11) is 0. The zero-order chi connectivity index (χ0) is 11.5. The molecule has 1 aromatic heterocycles. The molecule has 0 aromatic carbocycles. The lowest BCUT2D eigenvalue weighted by molar-refractivity contribution is 0.00291. The number of rotatable bonds is 4. The van der Waals surface area contributed by atoms with Crippen LogP contribution >= 0.6 is 15.9 Å². The van der Waals surface area contributed by atoms with Crippen LogP contribution in [0.5, 0.6) is 0 Å². The van der Waals surface area contributed by atoms with Gasteiger partial charge in [-0.15, -0.1) is 0 Å². The fourth-order valence-electron chi connectivity index (χ4n) is 1.73. The van der Waals surface area contributed by atoms with Crippen LogP contribution in [-0.2, 0) is 4.74 Å². The van der Waals surface area contributed by atoms with Gasteiger partial charge >= 0.3 is 0 Å². The van der Waals surface area contributed by atoms with E-state index in [1.54, 1.807) is 0 Å². The average Bonchev–Trinajstić information content (AvgIpc) is 2.21. The number of nitrogens with zero attached hydrogens (tertiary/aromatic N) is 1. The highest BCUT2D eigenvalue weighted by molar-refractivity contribution is 9.10. The highest BCUT2D eigenvalue weighted by Gasteiger charge is 2.30. The fourth-order valence-corrected chi connectivity index (χ4v) is 2.06. The predicted molar refractivity (Wildman–Crippen MR) is 64.6 cm³/mol. The van der Waals surface area contributed by atoms with Gasteiger partial charge in [0.05, 0.1) is 12.4 Å². The zero-order valence-corrected chi connectivity index (χ0v) is 10.6. The Kier molecular flexibility index (Phi) is 3.60. The van der Waals surface area contributed by atoms with E-state index in [9.17, 15) is 4.79 Å². The summed E-state index contributed by atoms with van der Waals surface area (Å²) in [5.41, 5.74) is -0.168. The molecule has 1 aliphatic carbocycles. The summed E-state index contributed by atoms with van der Waals surface area (Å²) in [5, 5.41) is 3.22. The van der Waals surface area contributed by atoms with Crippen molar-refractivity contribution in [3.8, 4) is 0 Å². The number of ether oxygens (including phenoxy) is 1. The summed E-state index contributed by atoms with van der Waals surface area (Å²) in [4.78, 5) is 17.9. The van der Waals surface area contributed by atoms with Gasteiger partial charge in [0.1, 0.15) is 10.3 Å². The summed E-state index contributed by atoms with van der Waals surface area (Å²) in [6, 6.07) is 0.349. The molecule has 1 fully saturated rings. The largest absolute Gasteiger partial charge is 0.378 e. The molecule has 0 spiro atoms. The number of nitrogens with one attached hydrogen (secondary N) is 2. The van der Waals surface area contributed by atoms with Crippen molar-refractivity contribution in [1.29, 1.82) is 0 Å². The SMILES string of the molecule is CCOC1CC(Nc2nc[nH]c(=O)c2Br)C1. The summed E-state index contributed by atoms with van der Waals surface area (Å²) < 4.78 is 5.91. The number of aromatic nitrogens is 2. The van der Waals surface area contributed by atoms with Gasteiger partial charge in [0.2, 0.25) is 0 Å². The Morgan fingerprint density at radius 1 is 1.69 bits per heavy atom. The molecule has 1 heterocycles. The van der Waals surface area contributed by atoms with Gasteiger partial charge in [0.25, 0.3) is 5.56 Å². The molecule has 88 valence electrons. The lowest BCUT2D eigenvalue weighted by Gasteiger charge is -2.35. The second kappa shape index (κ2) is 4.97. The van der Waals surface area contributed by atoms with E-state index in [1.165, 1.54) is 6.33 Å². The molecule has 1 aliphatic rings. The third-order valence-electron chi connectivity index (χ3n) is 2.63. The van der Waals surface area contributed by atoms with E-state index < -0.39 is 0 Å². The first-order valence-electron chi connectivity index (χ1n) is 5.32. The van der Waals surface area contributed by atoms with Crippen molar-refractivity contribution in [1.82, 2.24) is 9.97 Å². The number of aromatic amines is 1. The van der Waals surface area contributed by atoms with Crippen LogP contribution in [-0.4, -0.2) is 28.7 Å². The molecular formula is C10H14BrN3O2. The van der Waals surface area contributed by atoms with Gasteiger partial charge in [-0.3, -0.25) is 4.79 Å². The molecule has 16 heavy (non-hydrogen) atoms. The second-order valence-electron chi connectivity index (χ2n) is 3.78. The zero-order valence-electron chi connectivity index (χ0n) is 9.00. The Morgan fingerprint density at radius 3 is 3.12 bits per heavy atom. The first-order valence-corrected chi connectivity index (χ1v) is 6.11. The van der Waals surface area contributed by atoms with E-state index in [-0.39, 0.29) is 5.56 Å². The smallest absolute Gasteiger partial charge is 0.267 e. The van der Waals surface area contributed by atoms with E-state index >= 15 is 0 Å². The van der Waals surface area contributed by atoms with Crippen molar-refractivity contribution in [2.75, 3.05) is 11.9 Å². The van der Waals surface area contributed by atoms with Crippen molar-refractivity contribution < 1.29 is 4.74 Å². The molecule has 6 heteroatoms. The van der Waals surface area contributed by atoms with Crippen LogP contribution in [0, 0.1) is 0 Å². The Labute approximate surface area is 102 Å². The molecule has 5 nitrogen and oxygen atoms in total. The van der Waals surface area contributed by atoms with Crippen LogP contribution in [0.3, 0.4) is 0 Å². The number of H-pyrrole nitrogens is 1. The normalized spacial score (nSPS) is 23.9. The molecule has 2 rings (SSSR count). The third kappa shape index (κ3) is 2.44. The number of halogens is 1. The van der Waals surface area contributed by atoms with Crippen molar-refractivity contribution in [2.24, 2.45) is 0 Å². The van der Waals surface area contributed by atoms with E-state index in [4.69, 9.17) is 4.74 Å². The minimum Gasteiger partial charge on any atom is -0.378 e. The van der Waals surface area contributed by atoms with Crippen molar-refractivity contribution in [2.45, 2.75) is 31.9 Å². The van der Waals surface area contributed by atoms with E-state index in [1.807, 2.05) is 6.92 Å². The molecule has 0 atom stereocenters. The first kappa shape index (κ1) is 11.6. The molecule has 2 N–H and O–H groups in total. The van der Waals surface area contributed by atoms with Crippen molar-refractivity contribution >= 4 is 21.7 Å². The Balaban J connectivity index is 1.92. The molecule has 0 bridgehead atoms. The minimum atomic E-state index is -0.168. The van der Waals surface area contributed by atoms with Crippen molar-refractivity contribution in [3.05, 3.63) is 21.2 Å². The van der Waals surface area contributed by atoms with Crippen molar-refractivity contribution in [3.63, 3.8) is 0 Å². The summed E-state index contributed by atoms with van der Waals surface area (Å²) >= 11 is 3.21. The van der Waals surface area contributed by atoms with Crippen LogP contribution in [0.2, 0.25) is 0 Å². The molecule has 0 amide bonds. The summed E-state index contributed by atoms with van der Waals surface area (Å²) in [6.07, 6.45) is 3.68. The van der Waals surface area contributed by atoms with Gasteiger partial charge in [-0.1, -0.05) is 0 Å². The Morgan fingerprint density at radius 2 is 2.44 bits per heavy atom.